The number of halogens is 2. The van der Waals surface area contributed by atoms with Crippen molar-refractivity contribution >= 4 is 29.3 Å². The van der Waals surface area contributed by atoms with Gasteiger partial charge in [-0.2, -0.15) is 5.10 Å². The van der Waals surface area contributed by atoms with Crippen molar-refractivity contribution in [3.8, 4) is 0 Å². The molecule has 0 spiro atoms. The SMILES string of the molecule is Cc1ccc(F)cc1NC(=O)/C=C/c1c(C)nn(C)c1Cl. The molecule has 1 amide bonds. The molecule has 110 valence electrons. The van der Waals surface area contributed by atoms with Crippen LogP contribution in [0.25, 0.3) is 6.08 Å². The molecule has 0 fully saturated rings. The Hall–Kier alpha value is -2.14. The van der Waals surface area contributed by atoms with Gasteiger partial charge in [-0.25, -0.2) is 4.39 Å². The highest BCUT2D eigenvalue weighted by Crippen LogP contribution is 2.20. The van der Waals surface area contributed by atoms with E-state index in [2.05, 4.69) is 10.4 Å². The first-order valence-electron chi connectivity index (χ1n) is 6.33. The summed E-state index contributed by atoms with van der Waals surface area (Å²) in [4.78, 5) is 11.9. The molecule has 2 rings (SSSR count). The number of nitrogens with one attached hydrogen (secondary N) is 1. The summed E-state index contributed by atoms with van der Waals surface area (Å²) in [6.07, 6.45) is 2.94. The summed E-state index contributed by atoms with van der Waals surface area (Å²) in [5.74, 6) is -0.756. The van der Waals surface area contributed by atoms with Crippen molar-refractivity contribution < 1.29 is 9.18 Å². The second-order valence-electron chi connectivity index (χ2n) is 4.70. The Kier molecular flexibility index (Phi) is 4.43. The van der Waals surface area contributed by atoms with Gasteiger partial charge in [0.1, 0.15) is 11.0 Å². The molecule has 0 aliphatic heterocycles. The summed E-state index contributed by atoms with van der Waals surface area (Å²) in [5, 5.41) is 7.24. The molecule has 0 aliphatic carbocycles. The molecular formula is C15H15ClFN3O. The monoisotopic (exact) mass is 307 g/mol. The summed E-state index contributed by atoms with van der Waals surface area (Å²) in [6, 6.07) is 4.24. The molecule has 0 unspecified atom stereocenters. The van der Waals surface area contributed by atoms with Crippen LogP contribution in [0, 0.1) is 19.7 Å². The number of anilines is 1. The minimum atomic E-state index is -0.397. The maximum Gasteiger partial charge on any atom is 0.248 e. The van der Waals surface area contributed by atoms with E-state index in [4.69, 9.17) is 11.6 Å². The summed E-state index contributed by atoms with van der Waals surface area (Å²) >= 11 is 6.07. The number of nitrogens with zero attached hydrogens (tertiary/aromatic N) is 2. The number of rotatable bonds is 3. The lowest BCUT2D eigenvalue weighted by molar-refractivity contribution is -0.111. The highest BCUT2D eigenvalue weighted by Gasteiger charge is 2.09. The summed E-state index contributed by atoms with van der Waals surface area (Å²) in [5.41, 5.74) is 2.64. The number of aryl methyl sites for hydroxylation is 3. The highest BCUT2D eigenvalue weighted by atomic mass is 35.5. The number of benzene rings is 1. The van der Waals surface area contributed by atoms with Crippen LogP contribution in [0.3, 0.4) is 0 Å². The predicted octanol–water partition coefficient (Wildman–Crippen LogP) is 3.48. The Labute approximate surface area is 127 Å². The molecule has 2 aromatic rings. The van der Waals surface area contributed by atoms with Gasteiger partial charge in [0.05, 0.1) is 5.69 Å². The molecule has 0 atom stereocenters. The summed E-state index contributed by atoms with van der Waals surface area (Å²) < 4.78 is 14.7. The van der Waals surface area contributed by atoms with E-state index < -0.39 is 5.82 Å². The molecular weight excluding hydrogens is 293 g/mol. The smallest absolute Gasteiger partial charge is 0.248 e. The molecule has 1 N–H and O–H groups in total. The fraction of sp³-hybridized carbons (Fsp3) is 0.200. The lowest BCUT2D eigenvalue weighted by atomic mass is 10.2. The maximum atomic E-state index is 13.2. The second-order valence-corrected chi connectivity index (χ2v) is 5.05. The normalized spacial score (nSPS) is 11.1. The fourth-order valence-corrected chi connectivity index (χ4v) is 2.14. The van der Waals surface area contributed by atoms with Crippen molar-refractivity contribution in [2.24, 2.45) is 7.05 Å². The zero-order valence-corrected chi connectivity index (χ0v) is 12.7. The van der Waals surface area contributed by atoms with E-state index in [9.17, 15) is 9.18 Å². The maximum absolute atomic E-state index is 13.2. The van der Waals surface area contributed by atoms with E-state index >= 15 is 0 Å². The van der Waals surface area contributed by atoms with Crippen LogP contribution in [-0.2, 0) is 11.8 Å². The molecule has 6 heteroatoms. The fourth-order valence-electron chi connectivity index (χ4n) is 1.90. The van der Waals surface area contributed by atoms with Gasteiger partial charge in [0.25, 0.3) is 0 Å². The molecule has 0 bridgehead atoms. The molecule has 0 saturated carbocycles. The molecule has 0 saturated heterocycles. The molecule has 1 aromatic heterocycles. The first-order valence-corrected chi connectivity index (χ1v) is 6.70. The van der Waals surface area contributed by atoms with Crippen LogP contribution in [0.1, 0.15) is 16.8 Å². The van der Waals surface area contributed by atoms with Crippen LogP contribution in [0.5, 0.6) is 0 Å². The van der Waals surface area contributed by atoms with Gasteiger partial charge in [-0.15, -0.1) is 0 Å². The first kappa shape index (κ1) is 15.3. The zero-order valence-electron chi connectivity index (χ0n) is 11.9. The number of amides is 1. The average Bonchev–Trinajstić information content (AvgIpc) is 2.66. The van der Waals surface area contributed by atoms with Crippen LogP contribution in [0.15, 0.2) is 24.3 Å². The van der Waals surface area contributed by atoms with Gasteiger partial charge in [-0.1, -0.05) is 17.7 Å². The van der Waals surface area contributed by atoms with Crippen LogP contribution >= 0.6 is 11.6 Å². The van der Waals surface area contributed by atoms with Gasteiger partial charge < -0.3 is 5.32 Å². The Morgan fingerprint density at radius 1 is 1.43 bits per heavy atom. The van der Waals surface area contributed by atoms with Crippen molar-refractivity contribution in [1.82, 2.24) is 9.78 Å². The second kappa shape index (κ2) is 6.10. The number of carbonyl (C=O) groups is 1. The first-order chi connectivity index (χ1) is 9.88. The van der Waals surface area contributed by atoms with E-state index in [0.717, 1.165) is 11.3 Å². The summed E-state index contributed by atoms with van der Waals surface area (Å²) in [7, 11) is 1.73. The van der Waals surface area contributed by atoms with Crippen LogP contribution < -0.4 is 5.32 Å². The van der Waals surface area contributed by atoms with Gasteiger partial charge in [0.2, 0.25) is 5.91 Å². The number of hydrogen-bond donors (Lipinski definition) is 1. The summed E-state index contributed by atoms with van der Waals surface area (Å²) in [6.45, 7) is 3.60. The Balaban J connectivity index is 2.15. The zero-order chi connectivity index (χ0) is 15.6. The molecule has 21 heavy (non-hydrogen) atoms. The third kappa shape index (κ3) is 3.49. The lowest BCUT2D eigenvalue weighted by Crippen LogP contribution is -2.09. The van der Waals surface area contributed by atoms with E-state index in [1.807, 2.05) is 0 Å². The largest absolute Gasteiger partial charge is 0.322 e. The number of hydrogen-bond acceptors (Lipinski definition) is 2. The standard InChI is InChI=1S/C15H15ClFN3O/c1-9-4-5-11(17)8-13(9)18-14(21)7-6-12-10(2)19-20(3)15(12)16/h4-8H,1-3H3,(H,18,21)/b7-6+. The number of aromatic nitrogens is 2. The third-order valence-electron chi connectivity index (χ3n) is 3.06. The van der Waals surface area contributed by atoms with Crippen LogP contribution in [-0.4, -0.2) is 15.7 Å². The van der Waals surface area contributed by atoms with Crippen molar-refractivity contribution in [3.63, 3.8) is 0 Å². The molecule has 1 heterocycles. The Morgan fingerprint density at radius 3 is 2.76 bits per heavy atom. The van der Waals surface area contributed by atoms with Crippen molar-refractivity contribution in [1.29, 1.82) is 0 Å². The average molecular weight is 308 g/mol. The topological polar surface area (TPSA) is 46.9 Å². The molecule has 0 radical (unpaired) electrons. The van der Waals surface area contributed by atoms with Gasteiger partial charge >= 0.3 is 0 Å². The van der Waals surface area contributed by atoms with E-state index in [0.29, 0.717) is 16.4 Å². The van der Waals surface area contributed by atoms with Crippen molar-refractivity contribution in [2.45, 2.75) is 13.8 Å². The minimum absolute atomic E-state index is 0.358. The Bertz CT molecular complexity index is 722. The van der Waals surface area contributed by atoms with Gasteiger partial charge in [0.15, 0.2) is 0 Å². The van der Waals surface area contributed by atoms with E-state index in [1.54, 1.807) is 33.0 Å². The van der Waals surface area contributed by atoms with Gasteiger partial charge in [0, 0.05) is 24.4 Å². The predicted molar refractivity (Wildman–Crippen MR) is 81.8 cm³/mol. The highest BCUT2D eigenvalue weighted by molar-refractivity contribution is 6.31. The minimum Gasteiger partial charge on any atom is -0.322 e. The van der Waals surface area contributed by atoms with Gasteiger partial charge in [-0.3, -0.25) is 9.48 Å². The number of carbonyl (C=O) groups excluding carboxylic acids is 1. The van der Waals surface area contributed by atoms with Crippen molar-refractivity contribution in [2.75, 3.05) is 5.32 Å². The molecule has 4 nitrogen and oxygen atoms in total. The van der Waals surface area contributed by atoms with Crippen LogP contribution in [0.4, 0.5) is 10.1 Å². The van der Waals surface area contributed by atoms with E-state index in [-0.39, 0.29) is 5.91 Å². The van der Waals surface area contributed by atoms with Gasteiger partial charge in [-0.05, 0) is 37.6 Å². The Morgan fingerprint density at radius 2 is 2.14 bits per heavy atom. The third-order valence-corrected chi connectivity index (χ3v) is 3.50. The lowest BCUT2D eigenvalue weighted by Gasteiger charge is -2.06. The van der Waals surface area contributed by atoms with E-state index in [1.165, 1.54) is 22.9 Å². The van der Waals surface area contributed by atoms with Crippen molar-refractivity contribution in [3.05, 3.63) is 52.1 Å². The van der Waals surface area contributed by atoms with Crippen LogP contribution in [0.2, 0.25) is 5.15 Å². The quantitative estimate of drug-likeness (QED) is 0.882. The molecule has 0 aliphatic rings. The molecule has 1 aromatic carbocycles.